The zero-order valence-corrected chi connectivity index (χ0v) is 13.6. The maximum atomic E-state index is 5.52. The minimum absolute atomic E-state index is 0.617. The molecule has 1 aromatic heterocycles. The van der Waals surface area contributed by atoms with Crippen LogP contribution in [0.1, 0.15) is 39.2 Å². The molecule has 0 radical (unpaired) electrons. The summed E-state index contributed by atoms with van der Waals surface area (Å²) >= 11 is 0. The second kappa shape index (κ2) is 10.0. The smallest absolute Gasteiger partial charge is 0.218 e. The van der Waals surface area contributed by atoms with Crippen LogP contribution >= 0.6 is 0 Å². The van der Waals surface area contributed by atoms with E-state index in [4.69, 9.17) is 4.74 Å². The number of hydrogen-bond acceptors (Lipinski definition) is 3. The maximum Gasteiger partial charge on any atom is 0.218 e. The number of guanidine groups is 1. The number of aliphatic imine (C=N–C) groups is 1. The molecular weight excluding hydrogens is 264 g/mol. The lowest BCUT2D eigenvalue weighted by Gasteiger charge is -2.14. The highest BCUT2D eigenvalue weighted by Crippen LogP contribution is 2.13. The summed E-state index contributed by atoms with van der Waals surface area (Å²) in [7, 11) is 1.78. The van der Waals surface area contributed by atoms with E-state index in [0.29, 0.717) is 19.0 Å². The Balaban J connectivity index is 2.41. The molecule has 0 saturated heterocycles. The Labute approximate surface area is 128 Å². The van der Waals surface area contributed by atoms with Gasteiger partial charge >= 0.3 is 0 Å². The second-order valence-electron chi connectivity index (χ2n) is 5.29. The van der Waals surface area contributed by atoms with Crippen molar-refractivity contribution in [3.8, 4) is 5.88 Å². The number of nitrogens with zero attached hydrogens (tertiary/aromatic N) is 2. The molecule has 0 aliphatic rings. The molecule has 1 rings (SSSR count). The van der Waals surface area contributed by atoms with Gasteiger partial charge in [-0.3, -0.25) is 4.99 Å². The number of nitrogens with one attached hydrogen (secondary N) is 2. The van der Waals surface area contributed by atoms with Crippen molar-refractivity contribution >= 4 is 5.96 Å². The quantitative estimate of drug-likeness (QED) is 0.439. The van der Waals surface area contributed by atoms with Crippen LogP contribution in [0.5, 0.6) is 5.88 Å². The van der Waals surface area contributed by atoms with Crippen molar-refractivity contribution in [2.24, 2.45) is 10.9 Å². The van der Waals surface area contributed by atoms with E-state index >= 15 is 0 Å². The van der Waals surface area contributed by atoms with Gasteiger partial charge in [-0.25, -0.2) is 4.98 Å². The maximum absolute atomic E-state index is 5.52. The second-order valence-corrected chi connectivity index (χ2v) is 5.29. The van der Waals surface area contributed by atoms with Crippen LogP contribution in [0.25, 0.3) is 0 Å². The molecule has 0 aliphatic heterocycles. The molecule has 0 aromatic carbocycles. The summed E-state index contributed by atoms with van der Waals surface area (Å²) in [6, 6.07) is 3.93. The normalized spacial score (nSPS) is 11.6. The van der Waals surface area contributed by atoms with Gasteiger partial charge in [0.1, 0.15) is 0 Å². The van der Waals surface area contributed by atoms with E-state index in [0.717, 1.165) is 30.4 Å². The van der Waals surface area contributed by atoms with Crippen LogP contribution in [0, 0.1) is 5.92 Å². The molecule has 0 atom stereocenters. The van der Waals surface area contributed by atoms with E-state index in [1.165, 1.54) is 6.42 Å². The first-order valence-electron chi connectivity index (χ1n) is 7.68. The monoisotopic (exact) mass is 292 g/mol. The third-order valence-electron chi connectivity index (χ3n) is 3.05. The number of ether oxygens (including phenoxy) is 1. The van der Waals surface area contributed by atoms with Crippen LogP contribution in [0.3, 0.4) is 0 Å². The molecule has 5 nitrogen and oxygen atoms in total. The average molecular weight is 292 g/mol. The third kappa shape index (κ3) is 6.97. The minimum Gasteiger partial charge on any atom is -0.478 e. The summed E-state index contributed by atoms with van der Waals surface area (Å²) in [5, 5.41) is 6.62. The van der Waals surface area contributed by atoms with Crippen LogP contribution in [0.4, 0.5) is 0 Å². The molecule has 5 heteroatoms. The van der Waals surface area contributed by atoms with Crippen LogP contribution in [-0.4, -0.2) is 31.1 Å². The van der Waals surface area contributed by atoms with Crippen molar-refractivity contribution in [3.05, 3.63) is 23.9 Å². The zero-order chi connectivity index (χ0) is 15.5. The first-order chi connectivity index (χ1) is 10.2. The fourth-order valence-corrected chi connectivity index (χ4v) is 1.94. The Hall–Kier alpha value is -1.78. The lowest BCUT2D eigenvalue weighted by atomic mass is 10.1. The van der Waals surface area contributed by atoms with Gasteiger partial charge in [-0.2, -0.15) is 0 Å². The van der Waals surface area contributed by atoms with E-state index in [1.54, 1.807) is 13.2 Å². The highest BCUT2D eigenvalue weighted by atomic mass is 16.5. The summed E-state index contributed by atoms with van der Waals surface area (Å²) < 4.78 is 5.52. The molecule has 0 amide bonds. The third-order valence-corrected chi connectivity index (χ3v) is 3.05. The molecule has 1 heterocycles. The summed E-state index contributed by atoms with van der Waals surface area (Å²) in [4.78, 5) is 8.47. The summed E-state index contributed by atoms with van der Waals surface area (Å²) in [5.74, 6) is 2.23. The SMILES string of the molecule is CCOc1ncccc1CNC(=NC)NCCCC(C)C. The lowest BCUT2D eigenvalue weighted by molar-refractivity contribution is 0.322. The number of rotatable bonds is 8. The fraction of sp³-hybridized carbons (Fsp3) is 0.625. The van der Waals surface area contributed by atoms with Gasteiger partial charge in [0, 0.05) is 31.9 Å². The van der Waals surface area contributed by atoms with Gasteiger partial charge in [0.05, 0.1) is 6.61 Å². The Bertz CT molecular complexity index is 432. The highest BCUT2D eigenvalue weighted by molar-refractivity contribution is 5.79. The van der Waals surface area contributed by atoms with Crippen LogP contribution in [0.2, 0.25) is 0 Å². The van der Waals surface area contributed by atoms with E-state index in [1.807, 2.05) is 19.1 Å². The van der Waals surface area contributed by atoms with E-state index in [9.17, 15) is 0 Å². The molecule has 0 spiro atoms. The van der Waals surface area contributed by atoms with Gasteiger partial charge in [0.25, 0.3) is 0 Å². The van der Waals surface area contributed by atoms with Crippen molar-refractivity contribution in [1.29, 1.82) is 0 Å². The molecule has 21 heavy (non-hydrogen) atoms. The fourth-order valence-electron chi connectivity index (χ4n) is 1.94. The molecule has 118 valence electrons. The molecule has 0 unspecified atom stereocenters. The van der Waals surface area contributed by atoms with E-state index < -0.39 is 0 Å². The predicted octanol–water partition coefficient (Wildman–Crippen LogP) is 2.58. The lowest BCUT2D eigenvalue weighted by Crippen LogP contribution is -2.37. The molecular formula is C16H28N4O. The first kappa shape index (κ1) is 17.3. The van der Waals surface area contributed by atoms with Gasteiger partial charge in [-0.1, -0.05) is 19.9 Å². The van der Waals surface area contributed by atoms with Crippen molar-refractivity contribution in [2.75, 3.05) is 20.2 Å². The number of pyridine rings is 1. The van der Waals surface area contributed by atoms with Gasteiger partial charge in [-0.15, -0.1) is 0 Å². The van der Waals surface area contributed by atoms with E-state index in [2.05, 4.69) is 34.5 Å². The van der Waals surface area contributed by atoms with Crippen molar-refractivity contribution < 1.29 is 4.74 Å². The largest absolute Gasteiger partial charge is 0.478 e. The Morgan fingerprint density at radius 2 is 2.19 bits per heavy atom. The molecule has 0 aliphatic carbocycles. The van der Waals surface area contributed by atoms with Crippen LogP contribution in [-0.2, 0) is 6.54 Å². The van der Waals surface area contributed by atoms with Gasteiger partial charge < -0.3 is 15.4 Å². The summed E-state index contributed by atoms with van der Waals surface area (Å²) in [6.07, 6.45) is 4.12. The Morgan fingerprint density at radius 3 is 2.86 bits per heavy atom. The zero-order valence-electron chi connectivity index (χ0n) is 13.6. The molecule has 0 saturated carbocycles. The highest BCUT2D eigenvalue weighted by Gasteiger charge is 2.05. The topological polar surface area (TPSA) is 58.5 Å². The summed E-state index contributed by atoms with van der Waals surface area (Å²) in [5.41, 5.74) is 1.03. The Morgan fingerprint density at radius 1 is 1.38 bits per heavy atom. The van der Waals surface area contributed by atoms with Crippen molar-refractivity contribution in [3.63, 3.8) is 0 Å². The molecule has 1 aromatic rings. The summed E-state index contributed by atoms with van der Waals surface area (Å²) in [6.45, 7) is 8.64. The standard InChI is InChI=1S/C16H28N4O/c1-5-21-15-14(9-7-10-18-15)12-20-16(17-4)19-11-6-8-13(2)3/h7,9-10,13H,5-6,8,11-12H2,1-4H3,(H2,17,19,20). The van der Waals surface area contributed by atoms with Gasteiger partial charge in [0.2, 0.25) is 5.88 Å². The molecule has 0 bridgehead atoms. The number of aromatic nitrogens is 1. The van der Waals surface area contributed by atoms with E-state index in [-0.39, 0.29) is 0 Å². The van der Waals surface area contributed by atoms with Crippen molar-refractivity contribution in [2.45, 2.75) is 40.2 Å². The molecule has 2 N–H and O–H groups in total. The molecule has 0 fully saturated rings. The predicted molar refractivity (Wildman–Crippen MR) is 87.7 cm³/mol. The average Bonchev–Trinajstić information content (AvgIpc) is 2.48. The van der Waals surface area contributed by atoms with Gasteiger partial charge in [-0.05, 0) is 31.7 Å². The van der Waals surface area contributed by atoms with Crippen molar-refractivity contribution in [1.82, 2.24) is 15.6 Å². The minimum atomic E-state index is 0.617. The number of hydrogen-bond donors (Lipinski definition) is 2. The Kier molecular flexibility index (Phi) is 8.24. The van der Waals surface area contributed by atoms with Crippen LogP contribution < -0.4 is 15.4 Å². The van der Waals surface area contributed by atoms with Crippen LogP contribution in [0.15, 0.2) is 23.3 Å². The van der Waals surface area contributed by atoms with Gasteiger partial charge in [0.15, 0.2) is 5.96 Å². The first-order valence-corrected chi connectivity index (χ1v) is 7.68.